The van der Waals surface area contributed by atoms with E-state index in [2.05, 4.69) is 15.4 Å². The molecule has 4 aromatic rings. The van der Waals surface area contributed by atoms with Crippen LogP contribution in [0.5, 0.6) is 0 Å². The highest BCUT2D eigenvalue weighted by Gasteiger charge is 2.22. The number of aromatic carboxylic acids is 1. The molecule has 2 aromatic carbocycles. The fourth-order valence-electron chi connectivity index (χ4n) is 3.57. The first-order valence-corrected chi connectivity index (χ1v) is 10.00. The molecule has 0 fully saturated rings. The van der Waals surface area contributed by atoms with Crippen molar-refractivity contribution in [1.82, 2.24) is 14.8 Å². The molecular weight excluding hydrogens is 408 g/mol. The van der Waals surface area contributed by atoms with Gasteiger partial charge in [-0.2, -0.15) is 5.10 Å². The number of pyridine rings is 1. The van der Waals surface area contributed by atoms with E-state index in [9.17, 15) is 19.5 Å². The van der Waals surface area contributed by atoms with Crippen molar-refractivity contribution in [2.45, 2.75) is 20.4 Å². The monoisotopic (exact) mass is 428 g/mol. The number of hydrogen-bond acceptors (Lipinski definition) is 6. The number of aromatic nitrogens is 3. The molecule has 32 heavy (non-hydrogen) atoms. The highest BCUT2D eigenvalue weighted by molar-refractivity contribution is 6.06. The lowest BCUT2D eigenvalue weighted by Gasteiger charge is -2.17. The van der Waals surface area contributed by atoms with Gasteiger partial charge in [0.15, 0.2) is 5.78 Å². The molecule has 4 rings (SSSR count). The molecule has 8 heteroatoms. The number of carbonyl (C=O) groups is 2. The smallest absolute Gasteiger partial charge is 0.335 e. The first-order valence-electron chi connectivity index (χ1n) is 10.00. The minimum atomic E-state index is -1.05. The molecule has 2 aromatic heterocycles. The second-order valence-electron chi connectivity index (χ2n) is 7.19. The number of nitrogens with one attached hydrogen (secondary N) is 1. The fraction of sp³-hybridized carbons (Fsp3) is 0.125. The zero-order valence-electron chi connectivity index (χ0n) is 17.5. The van der Waals surface area contributed by atoms with Gasteiger partial charge in [0.25, 0.3) is 5.56 Å². The fourth-order valence-corrected chi connectivity index (χ4v) is 3.57. The van der Waals surface area contributed by atoms with E-state index >= 15 is 0 Å². The largest absolute Gasteiger partial charge is 0.478 e. The normalized spacial score (nSPS) is 10.8. The zero-order chi connectivity index (χ0) is 22.8. The van der Waals surface area contributed by atoms with Crippen molar-refractivity contribution in [1.29, 1.82) is 0 Å². The van der Waals surface area contributed by atoms with Crippen molar-refractivity contribution in [3.05, 3.63) is 82.4 Å². The standard InChI is InChI=1S/C24H20N4O4/c1-3-28-23(30)22(26-19-13-25-12-17-6-4-5-7-18(17)19)20(14(2)29)21(27-28)15-8-10-16(11-9-15)24(31)32/h4-13,26H,3H2,1-2H3,(H,31,32). The number of carboxylic acids is 1. The second-order valence-corrected chi connectivity index (χ2v) is 7.19. The van der Waals surface area contributed by atoms with Gasteiger partial charge in [-0.3, -0.25) is 14.6 Å². The van der Waals surface area contributed by atoms with Crippen LogP contribution in [0.25, 0.3) is 22.0 Å². The number of carboxylic acid groups (broad SMARTS) is 1. The van der Waals surface area contributed by atoms with Gasteiger partial charge in [-0.1, -0.05) is 36.4 Å². The highest BCUT2D eigenvalue weighted by atomic mass is 16.4. The molecule has 2 heterocycles. The van der Waals surface area contributed by atoms with Gasteiger partial charge in [0.1, 0.15) is 11.4 Å². The summed E-state index contributed by atoms with van der Waals surface area (Å²) in [6.07, 6.45) is 3.32. The maximum atomic E-state index is 13.2. The third kappa shape index (κ3) is 3.74. The lowest BCUT2D eigenvalue weighted by atomic mass is 10.0. The van der Waals surface area contributed by atoms with Gasteiger partial charge in [-0.25, -0.2) is 9.48 Å². The summed E-state index contributed by atoms with van der Waals surface area (Å²) >= 11 is 0. The predicted molar refractivity (Wildman–Crippen MR) is 122 cm³/mol. The highest BCUT2D eigenvalue weighted by Crippen LogP contribution is 2.30. The van der Waals surface area contributed by atoms with E-state index in [1.54, 1.807) is 31.5 Å². The van der Waals surface area contributed by atoms with E-state index in [-0.39, 0.29) is 22.6 Å². The number of Topliss-reactive ketones (excluding diaryl/α,β-unsaturated/α-hetero) is 1. The Morgan fingerprint density at radius 1 is 1.06 bits per heavy atom. The Labute approximate surface area is 183 Å². The van der Waals surface area contributed by atoms with E-state index < -0.39 is 11.5 Å². The Morgan fingerprint density at radius 2 is 1.78 bits per heavy atom. The van der Waals surface area contributed by atoms with E-state index in [1.807, 2.05) is 24.3 Å². The van der Waals surface area contributed by atoms with E-state index in [1.165, 1.54) is 23.7 Å². The summed E-state index contributed by atoms with van der Waals surface area (Å²) in [4.78, 5) is 41.3. The third-order valence-corrected chi connectivity index (χ3v) is 5.14. The average Bonchev–Trinajstić information content (AvgIpc) is 2.80. The van der Waals surface area contributed by atoms with E-state index in [0.29, 0.717) is 23.5 Å². The molecule has 0 radical (unpaired) electrons. The maximum absolute atomic E-state index is 13.2. The molecule has 0 unspecified atom stereocenters. The molecule has 8 nitrogen and oxygen atoms in total. The molecule has 0 atom stereocenters. The summed E-state index contributed by atoms with van der Waals surface area (Å²) in [5, 5.41) is 18.4. The van der Waals surface area contributed by atoms with Gasteiger partial charge in [0, 0.05) is 29.1 Å². The quantitative estimate of drug-likeness (QED) is 0.444. The van der Waals surface area contributed by atoms with Crippen molar-refractivity contribution >= 4 is 33.9 Å². The zero-order valence-corrected chi connectivity index (χ0v) is 17.5. The summed E-state index contributed by atoms with van der Waals surface area (Å²) in [6, 6.07) is 13.6. The summed E-state index contributed by atoms with van der Waals surface area (Å²) in [6.45, 7) is 3.44. The molecule has 160 valence electrons. The molecule has 0 saturated carbocycles. The van der Waals surface area contributed by atoms with Gasteiger partial charge in [-0.05, 0) is 26.0 Å². The number of anilines is 2. The van der Waals surface area contributed by atoms with Crippen LogP contribution in [0.3, 0.4) is 0 Å². The Morgan fingerprint density at radius 3 is 2.44 bits per heavy atom. The molecule has 0 amide bonds. The minimum absolute atomic E-state index is 0.102. The lowest BCUT2D eigenvalue weighted by Crippen LogP contribution is -2.28. The van der Waals surface area contributed by atoms with Crippen molar-refractivity contribution < 1.29 is 14.7 Å². The van der Waals surface area contributed by atoms with Crippen LogP contribution in [0.1, 0.15) is 34.6 Å². The second kappa shape index (κ2) is 8.43. The summed E-state index contributed by atoms with van der Waals surface area (Å²) in [5.41, 5.74) is 1.33. The first-order chi connectivity index (χ1) is 15.4. The third-order valence-electron chi connectivity index (χ3n) is 5.14. The molecule has 0 spiro atoms. The maximum Gasteiger partial charge on any atom is 0.335 e. The number of ketones is 1. The van der Waals surface area contributed by atoms with Crippen LogP contribution in [-0.4, -0.2) is 31.6 Å². The van der Waals surface area contributed by atoms with Crippen LogP contribution in [0.4, 0.5) is 11.4 Å². The SMILES string of the molecule is CCn1nc(-c2ccc(C(=O)O)cc2)c(C(C)=O)c(Nc2cncc3ccccc23)c1=O. The topological polar surface area (TPSA) is 114 Å². The van der Waals surface area contributed by atoms with Crippen LogP contribution in [0, 0.1) is 0 Å². The summed E-state index contributed by atoms with van der Waals surface area (Å²) in [7, 11) is 0. The van der Waals surface area contributed by atoms with Crippen molar-refractivity contribution in [2.24, 2.45) is 0 Å². The van der Waals surface area contributed by atoms with Crippen molar-refractivity contribution in [3.63, 3.8) is 0 Å². The molecular formula is C24H20N4O4. The van der Waals surface area contributed by atoms with Crippen LogP contribution in [0.15, 0.2) is 65.7 Å². The average molecular weight is 428 g/mol. The van der Waals surface area contributed by atoms with Crippen LogP contribution < -0.4 is 10.9 Å². The first kappa shape index (κ1) is 20.9. The number of fused-ring (bicyclic) bond motifs is 1. The van der Waals surface area contributed by atoms with Crippen LogP contribution >= 0.6 is 0 Å². The van der Waals surface area contributed by atoms with Crippen molar-refractivity contribution in [3.8, 4) is 11.3 Å². The van der Waals surface area contributed by atoms with Gasteiger partial charge < -0.3 is 10.4 Å². The molecule has 0 aliphatic carbocycles. The van der Waals surface area contributed by atoms with Gasteiger partial charge >= 0.3 is 5.97 Å². The molecule has 0 aliphatic rings. The predicted octanol–water partition coefficient (Wildman–Crippen LogP) is 4.12. The van der Waals surface area contributed by atoms with E-state index in [0.717, 1.165) is 10.8 Å². The van der Waals surface area contributed by atoms with Crippen LogP contribution in [-0.2, 0) is 6.54 Å². The number of benzene rings is 2. The number of carbonyl (C=O) groups excluding carboxylic acids is 1. The molecule has 0 aliphatic heterocycles. The van der Waals surface area contributed by atoms with Gasteiger partial charge in [-0.15, -0.1) is 0 Å². The van der Waals surface area contributed by atoms with Crippen LogP contribution in [0.2, 0.25) is 0 Å². The lowest BCUT2D eigenvalue weighted by molar-refractivity contribution is 0.0696. The molecule has 2 N–H and O–H groups in total. The Hall–Kier alpha value is -4.33. The Bertz CT molecular complexity index is 1400. The van der Waals surface area contributed by atoms with Gasteiger partial charge in [0.05, 0.1) is 23.0 Å². The van der Waals surface area contributed by atoms with Gasteiger partial charge in [0.2, 0.25) is 0 Å². The van der Waals surface area contributed by atoms with Crippen molar-refractivity contribution in [2.75, 3.05) is 5.32 Å². The molecule has 0 bridgehead atoms. The van der Waals surface area contributed by atoms with E-state index in [4.69, 9.17) is 0 Å². The number of aryl methyl sites for hydroxylation is 1. The number of hydrogen-bond donors (Lipinski definition) is 2. The number of rotatable bonds is 6. The Kier molecular flexibility index (Phi) is 5.51. The molecule has 0 saturated heterocycles. The Balaban J connectivity index is 1.95. The summed E-state index contributed by atoms with van der Waals surface area (Å²) < 4.78 is 1.27. The number of nitrogens with zero attached hydrogens (tertiary/aromatic N) is 3. The summed E-state index contributed by atoms with van der Waals surface area (Å²) in [5.74, 6) is -1.40. The minimum Gasteiger partial charge on any atom is -0.478 e.